The number of Topliss-reactive ketones (excluding diaryl/α,β-unsaturated/α-hetero) is 1. The van der Waals surface area contributed by atoms with Crippen molar-refractivity contribution in [1.29, 1.82) is 0 Å². The molecule has 27 heavy (non-hydrogen) atoms. The molecular formula is C22H23NO4. The molecule has 140 valence electrons. The number of carbonyl (C=O) groups excluding carboxylic acids is 3. The fourth-order valence-corrected chi connectivity index (χ4v) is 3.20. The third-order valence-corrected chi connectivity index (χ3v) is 4.67. The van der Waals surface area contributed by atoms with E-state index in [0.29, 0.717) is 5.56 Å². The molecule has 0 unspecified atom stereocenters. The topological polar surface area (TPSA) is 72.5 Å². The molecular weight excluding hydrogens is 342 g/mol. The molecule has 0 aliphatic heterocycles. The lowest BCUT2D eigenvalue weighted by Crippen LogP contribution is -2.32. The second-order valence-corrected chi connectivity index (χ2v) is 6.71. The van der Waals surface area contributed by atoms with Crippen LogP contribution in [0.2, 0.25) is 0 Å². The van der Waals surface area contributed by atoms with Gasteiger partial charge in [-0.25, -0.2) is 0 Å². The number of aryl methyl sites for hydroxylation is 2. The highest BCUT2D eigenvalue weighted by molar-refractivity contribution is 5.98. The second kappa shape index (κ2) is 9.12. The maximum Gasteiger partial charge on any atom is 0.325 e. The number of benzene rings is 2. The summed E-state index contributed by atoms with van der Waals surface area (Å²) in [6.07, 6.45) is 4.57. The number of hydrogen-bond acceptors (Lipinski definition) is 4. The van der Waals surface area contributed by atoms with Crippen molar-refractivity contribution < 1.29 is 19.1 Å². The van der Waals surface area contributed by atoms with Crippen molar-refractivity contribution in [2.75, 3.05) is 13.2 Å². The summed E-state index contributed by atoms with van der Waals surface area (Å²) in [6, 6.07) is 15.0. The lowest BCUT2D eigenvalue weighted by atomic mass is 9.90. The van der Waals surface area contributed by atoms with Crippen molar-refractivity contribution in [3.63, 3.8) is 0 Å². The maximum absolute atomic E-state index is 12.2. The molecule has 2 aromatic carbocycles. The number of ketones is 1. The second-order valence-electron chi connectivity index (χ2n) is 6.71. The molecule has 5 nitrogen and oxygen atoms in total. The van der Waals surface area contributed by atoms with Gasteiger partial charge in [-0.1, -0.05) is 42.5 Å². The van der Waals surface area contributed by atoms with Crippen LogP contribution in [0.5, 0.6) is 0 Å². The summed E-state index contributed by atoms with van der Waals surface area (Å²) in [4.78, 5) is 35.9. The fourth-order valence-electron chi connectivity index (χ4n) is 3.20. The summed E-state index contributed by atoms with van der Waals surface area (Å²) in [5.41, 5.74) is 3.95. The van der Waals surface area contributed by atoms with E-state index in [1.54, 1.807) is 6.07 Å². The molecule has 0 atom stereocenters. The van der Waals surface area contributed by atoms with Crippen molar-refractivity contribution in [2.24, 2.45) is 0 Å². The van der Waals surface area contributed by atoms with Crippen molar-refractivity contribution in [3.05, 3.63) is 70.8 Å². The largest absolute Gasteiger partial charge is 0.456 e. The number of hydrogen-bond donors (Lipinski definition) is 1. The molecule has 5 heteroatoms. The minimum absolute atomic E-state index is 0.197. The number of carbonyl (C=O) groups is 3. The van der Waals surface area contributed by atoms with Crippen molar-refractivity contribution in [3.8, 4) is 0 Å². The molecule has 0 aromatic heterocycles. The zero-order valence-electron chi connectivity index (χ0n) is 15.2. The normalized spacial score (nSPS) is 12.7. The van der Waals surface area contributed by atoms with Crippen LogP contribution in [0, 0.1) is 0 Å². The Hall–Kier alpha value is -2.95. The molecule has 1 aliphatic carbocycles. The zero-order chi connectivity index (χ0) is 19.1. The standard InChI is InChI=1S/C22H23NO4/c24-20(19-11-10-17-8-4-5-9-18(17)13-19)15-27-22(26)14-23-21(25)12-16-6-2-1-3-7-16/h1-3,6-7,10-11,13H,4-5,8-9,12,14-15H2,(H,23,25). The van der Waals surface area contributed by atoms with Gasteiger partial charge in [0, 0.05) is 5.56 Å². The number of esters is 1. The van der Waals surface area contributed by atoms with E-state index in [4.69, 9.17) is 4.74 Å². The molecule has 0 spiro atoms. The van der Waals surface area contributed by atoms with Crippen LogP contribution >= 0.6 is 0 Å². The highest BCUT2D eigenvalue weighted by Gasteiger charge is 2.15. The van der Waals surface area contributed by atoms with Crippen LogP contribution in [-0.2, 0) is 33.6 Å². The molecule has 0 heterocycles. The lowest BCUT2D eigenvalue weighted by Gasteiger charge is -2.16. The van der Waals surface area contributed by atoms with Gasteiger partial charge < -0.3 is 10.1 Å². The van der Waals surface area contributed by atoms with E-state index in [0.717, 1.165) is 24.8 Å². The SMILES string of the molecule is O=C(Cc1ccccc1)NCC(=O)OCC(=O)c1ccc2c(c1)CCCC2. The van der Waals surface area contributed by atoms with E-state index in [-0.39, 0.29) is 31.3 Å². The molecule has 1 amide bonds. The first kappa shape index (κ1) is 18.8. The third kappa shape index (κ3) is 5.51. The van der Waals surface area contributed by atoms with Gasteiger partial charge in [0.15, 0.2) is 12.4 Å². The lowest BCUT2D eigenvalue weighted by molar-refractivity contribution is -0.142. The maximum atomic E-state index is 12.2. The van der Waals surface area contributed by atoms with Crippen LogP contribution in [0.15, 0.2) is 48.5 Å². The third-order valence-electron chi connectivity index (χ3n) is 4.67. The zero-order valence-corrected chi connectivity index (χ0v) is 15.2. The van der Waals surface area contributed by atoms with Crippen molar-refractivity contribution >= 4 is 17.7 Å². The average Bonchev–Trinajstić information content (AvgIpc) is 2.71. The minimum atomic E-state index is -0.622. The highest BCUT2D eigenvalue weighted by atomic mass is 16.5. The fraction of sp³-hybridized carbons (Fsp3) is 0.318. The van der Waals surface area contributed by atoms with Gasteiger partial charge in [-0.3, -0.25) is 14.4 Å². The summed E-state index contributed by atoms with van der Waals surface area (Å²) >= 11 is 0. The first-order valence-electron chi connectivity index (χ1n) is 9.23. The Morgan fingerprint density at radius 3 is 2.44 bits per heavy atom. The van der Waals surface area contributed by atoms with E-state index in [1.807, 2.05) is 42.5 Å². The first-order valence-corrected chi connectivity index (χ1v) is 9.23. The van der Waals surface area contributed by atoms with Crippen LogP contribution < -0.4 is 5.32 Å². The first-order chi connectivity index (χ1) is 13.1. The molecule has 0 saturated heterocycles. The van der Waals surface area contributed by atoms with Crippen LogP contribution in [0.4, 0.5) is 0 Å². The van der Waals surface area contributed by atoms with Gasteiger partial charge in [-0.15, -0.1) is 0 Å². The molecule has 0 bridgehead atoms. The average molecular weight is 365 g/mol. The quantitative estimate of drug-likeness (QED) is 0.605. The number of rotatable bonds is 7. The Labute approximate surface area is 158 Å². The number of ether oxygens (including phenoxy) is 1. The monoisotopic (exact) mass is 365 g/mol. The molecule has 1 aliphatic rings. The summed E-state index contributed by atoms with van der Waals surface area (Å²) in [7, 11) is 0. The van der Waals surface area contributed by atoms with Gasteiger partial charge in [0.2, 0.25) is 5.91 Å². The van der Waals surface area contributed by atoms with Crippen molar-refractivity contribution in [2.45, 2.75) is 32.1 Å². The Kier molecular flexibility index (Phi) is 6.36. The Morgan fingerprint density at radius 1 is 0.926 bits per heavy atom. The summed E-state index contributed by atoms with van der Waals surface area (Å²) < 4.78 is 5.00. The van der Waals surface area contributed by atoms with E-state index in [9.17, 15) is 14.4 Å². The van der Waals surface area contributed by atoms with Gasteiger partial charge in [0.05, 0.1) is 6.42 Å². The van der Waals surface area contributed by atoms with Crippen LogP contribution in [0.25, 0.3) is 0 Å². The minimum Gasteiger partial charge on any atom is -0.456 e. The number of amides is 1. The summed E-state index contributed by atoms with van der Waals surface area (Å²) in [5.74, 6) is -1.12. The van der Waals surface area contributed by atoms with Crippen molar-refractivity contribution in [1.82, 2.24) is 5.32 Å². The summed E-state index contributed by atoms with van der Waals surface area (Å²) in [5, 5.41) is 2.51. The number of fused-ring (bicyclic) bond motifs is 1. The van der Waals surface area contributed by atoms with Crippen LogP contribution in [0.1, 0.15) is 39.9 Å². The van der Waals surface area contributed by atoms with Crippen LogP contribution in [0.3, 0.4) is 0 Å². The Morgan fingerprint density at radius 2 is 1.67 bits per heavy atom. The van der Waals surface area contributed by atoms with E-state index < -0.39 is 5.97 Å². The van der Waals surface area contributed by atoms with Gasteiger partial charge in [0.25, 0.3) is 0 Å². The molecule has 1 N–H and O–H groups in total. The predicted octanol–water partition coefficient (Wildman–Crippen LogP) is 2.65. The van der Waals surface area contributed by atoms with Gasteiger partial charge in [0.1, 0.15) is 6.54 Å². The molecule has 0 radical (unpaired) electrons. The molecule has 0 saturated carbocycles. The van der Waals surface area contributed by atoms with Gasteiger partial charge in [-0.05, 0) is 48.4 Å². The molecule has 3 rings (SSSR count). The Bertz CT molecular complexity index is 829. The summed E-state index contributed by atoms with van der Waals surface area (Å²) in [6.45, 7) is -0.560. The molecule has 0 fully saturated rings. The van der Waals surface area contributed by atoms with E-state index in [1.165, 1.54) is 17.5 Å². The van der Waals surface area contributed by atoms with Gasteiger partial charge >= 0.3 is 5.97 Å². The smallest absolute Gasteiger partial charge is 0.325 e. The van der Waals surface area contributed by atoms with Crippen LogP contribution in [-0.4, -0.2) is 30.8 Å². The van der Waals surface area contributed by atoms with E-state index in [2.05, 4.69) is 5.32 Å². The number of nitrogens with one attached hydrogen (secondary N) is 1. The van der Waals surface area contributed by atoms with Gasteiger partial charge in [-0.2, -0.15) is 0 Å². The predicted molar refractivity (Wildman–Crippen MR) is 102 cm³/mol. The molecule has 2 aromatic rings. The highest BCUT2D eigenvalue weighted by Crippen LogP contribution is 2.22. The van der Waals surface area contributed by atoms with E-state index >= 15 is 0 Å². The Balaban J connectivity index is 1.42.